The smallest absolute Gasteiger partial charge is 0.270 e. The average Bonchev–Trinajstić information content (AvgIpc) is 3.31. The molecule has 0 spiro atoms. The number of hydrogen-bond donors (Lipinski definition) is 2. The highest BCUT2D eigenvalue weighted by atomic mass is 16.3. The molecule has 1 aromatic rings. The van der Waals surface area contributed by atoms with E-state index in [1.54, 1.807) is 12.3 Å². The molecule has 2 fully saturated rings. The number of carbonyl (C=O) groups is 1. The van der Waals surface area contributed by atoms with Crippen molar-refractivity contribution in [3.8, 4) is 0 Å². The lowest BCUT2D eigenvalue weighted by Crippen LogP contribution is -2.37. The Kier molecular flexibility index (Phi) is 3.46. The summed E-state index contributed by atoms with van der Waals surface area (Å²) in [6.45, 7) is 0.110. The van der Waals surface area contributed by atoms with Crippen molar-refractivity contribution in [2.24, 2.45) is 5.92 Å². The average molecular weight is 261 g/mol. The fourth-order valence-corrected chi connectivity index (χ4v) is 2.34. The van der Waals surface area contributed by atoms with Crippen LogP contribution in [0.4, 0.5) is 0 Å². The van der Waals surface area contributed by atoms with Gasteiger partial charge in [0, 0.05) is 24.8 Å². The van der Waals surface area contributed by atoms with Crippen LogP contribution >= 0.6 is 0 Å². The summed E-state index contributed by atoms with van der Waals surface area (Å²) < 4.78 is 0. The SMILES string of the molecule is O=C(NC(CCO)C1CC1)c1ccnc(C2CC2)n1. The second kappa shape index (κ2) is 5.25. The van der Waals surface area contributed by atoms with Crippen LogP contribution in [0.25, 0.3) is 0 Å². The Balaban J connectivity index is 1.66. The monoisotopic (exact) mass is 261 g/mol. The van der Waals surface area contributed by atoms with E-state index in [1.165, 1.54) is 0 Å². The second-order valence-corrected chi connectivity index (χ2v) is 5.50. The van der Waals surface area contributed by atoms with Crippen LogP contribution in [-0.4, -0.2) is 33.6 Å². The predicted octanol–water partition coefficient (Wildman–Crippen LogP) is 1.24. The first-order valence-electron chi connectivity index (χ1n) is 7.02. The molecule has 5 heteroatoms. The summed E-state index contributed by atoms with van der Waals surface area (Å²) in [7, 11) is 0. The van der Waals surface area contributed by atoms with Gasteiger partial charge in [0.15, 0.2) is 0 Å². The first kappa shape index (κ1) is 12.5. The highest BCUT2D eigenvalue weighted by Gasteiger charge is 2.32. The molecular formula is C14H19N3O2. The molecule has 1 aromatic heterocycles. The summed E-state index contributed by atoms with van der Waals surface area (Å²) in [6, 6.07) is 1.74. The topological polar surface area (TPSA) is 75.1 Å². The number of aromatic nitrogens is 2. The zero-order valence-electron chi connectivity index (χ0n) is 10.9. The van der Waals surface area contributed by atoms with Gasteiger partial charge in [-0.1, -0.05) is 0 Å². The number of aliphatic hydroxyl groups excluding tert-OH is 1. The summed E-state index contributed by atoms with van der Waals surface area (Å²) in [5, 5.41) is 12.0. The third kappa shape index (κ3) is 3.10. The molecule has 1 amide bonds. The molecule has 2 saturated carbocycles. The van der Waals surface area contributed by atoms with Crippen LogP contribution < -0.4 is 5.32 Å². The Bertz CT molecular complexity index is 470. The van der Waals surface area contributed by atoms with Gasteiger partial charge in [0.2, 0.25) is 0 Å². The highest BCUT2D eigenvalue weighted by molar-refractivity contribution is 5.92. The minimum absolute atomic E-state index is 0.0804. The van der Waals surface area contributed by atoms with E-state index in [2.05, 4.69) is 15.3 Å². The van der Waals surface area contributed by atoms with E-state index in [4.69, 9.17) is 5.11 Å². The maximum atomic E-state index is 12.2. The molecule has 0 bridgehead atoms. The van der Waals surface area contributed by atoms with Crippen LogP contribution in [0.5, 0.6) is 0 Å². The van der Waals surface area contributed by atoms with Crippen molar-refractivity contribution in [3.05, 3.63) is 23.8 Å². The van der Waals surface area contributed by atoms with Gasteiger partial charge in [0.25, 0.3) is 5.91 Å². The molecule has 2 N–H and O–H groups in total. The van der Waals surface area contributed by atoms with Gasteiger partial charge in [-0.2, -0.15) is 0 Å². The Labute approximate surface area is 112 Å². The predicted molar refractivity (Wildman–Crippen MR) is 69.7 cm³/mol. The maximum Gasteiger partial charge on any atom is 0.270 e. The van der Waals surface area contributed by atoms with Crippen LogP contribution in [0.2, 0.25) is 0 Å². The number of amides is 1. The fourth-order valence-electron chi connectivity index (χ4n) is 2.34. The molecule has 5 nitrogen and oxygen atoms in total. The molecule has 0 aliphatic heterocycles. The number of carbonyl (C=O) groups excluding carboxylic acids is 1. The van der Waals surface area contributed by atoms with Gasteiger partial charge in [0.1, 0.15) is 11.5 Å². The van der Waals surface area contributed by atoms with Gasteiger partial charge in [-0.05, 0) is 44.1 Å². The van der Waals surface area contributed by atoms with E-state index < -0.39 is 0 Å². The molecule has 0 radical (unpaired) electrons. The van der Waals surface area contributed by atoms with E-state index in [0.717, 1.165) is 31.5 Å². The molecule has 0 aromatic carbocycles. The standard InChI is InChI=1S/C14H19N3O2/c18-8-6-11(9-1-2-9)17-14(19)12-5-7-15-13(16-12)10-3-4-10/h5,7,9-11,18H,1-4,6,8H2,(H,17,19). The first-order chi connectivity index (χ1) is 9.28. The van der Waals surface area contributed by atoms with Crippen molar-refractivity contribution in [1.82, 2.24) is 15.3 Å². The Hall–Kier alpha value is -1.49. The summed E-state index contributed by atoms with van der Waals surface area (Å²) in [5.74, 6) is 1.62. The summed E-state index contributed by atoms with van der Waals surface area (Å²) in [6.07, 6.45) is 6.81. The zero-order valence-corrected chi connectivity index (χ0v) is 10.9. The van der Waals surface area contributed by atoms with Gasteiger partial charge in [0.05, 0.1) is 0 Å². The third-order valence-electron chi connectivity index (χ3n) is 3.80. The zero-order chi connectivity index (χ0) is 13.2. The second-order valence-electron chi connectivity index (χ2n) is 5.50. The lowest BCUT2D eigenvalue weighted by Gasteiger charge is -2.16. The molecule has 19 heavy (non-hydrogen) atoms. The van der Waals surface area contributed by atoms with E-state index >= 15 is 0 Å². The number of rotatable bonds is 6. The van der Waals surface area contributed by atoms with Gasteiger partial charge >= 0.3 is 0 Å². The Morgan fingerprint density at radius 2 is 2.21 bits per heavy atom. The fraction of sp³-hybridized carbons (Fsp3) is 0.643. The summed E-state index contributed by atoms with van der Waals surface area (Å²) >= 11 is 0. The lowest BCUT2D eigenvalue weighted by molar-refractivity contribution is 0.0918. The van der Waals surface area contributed by atoms with Crippen LogP contribution in [0.15, 0.2) is 12.3 Å². The number of nitrogens with one attached hydrogen (secondary N) is 1. The Morgan fingerprint density at radius 3 is 2.84 bits per heavy atom. The van der Waals surface area contributed by atoms with Gasteiger partial charge in [-0.15, -0.1) is 0 Å². The van der Waals surface area contributed by atoms with Gasteiger partial charge in [-0.3, -0.25) is 4.79 Å². The lowest BCUT2D eigenvalue weighted by atomic mass is 10.1. The van der Waals surface area contributed by atoms with E-state index in [-0.39, 0.29) is 18.6 Å². The van der Waals surface area contributed by atoms with Crippen molar-refractivity contribution in [3.63, 3.8) is 0 Å². The molecule has 0 saturated heterocycles. The molecule has 3 rings (SSSR count). The van der Waals surface area contributed by atoms with Crippen molar-refractivity contribution in [2.75, 3.05) is 6.61 Å². The first-order valence-corrected chi connectivity index (χ1v) is 7.02. The molecule has 1 atom stereocenters. The molecule has 2 aliphatic rings. The molecule has 2 aliphatic carbocycles. The van der Waals surface area contributed by atoms with Crippen molar-refractivity contribution >= 4 is 5.91 Å². The summed E-state index contributed by atoms with van der Waals surface area (Å²) in [5.41, 5.74) is 0.445. The van der Waals surface area contributed by atoms with E-state index in [0.29, 0.717) is 24.0 Å². The normalized spacial score (nSPS) is 20.1. The number of nitrogens with zero attached hydrogens (tertiary/aromatic N) is 2. The molecular weight excluding hydrogens is 242 g/mol. The van der Waals surface area contributed by atoms with Crippen molar-refractivity contribution in [2.45, 2.75) is 44.1 Å². The maximum absolute atomic E-state index is 12.2. The van der Waals surface area contributed by atoms with Crippen LogP contribution in [0, 0.1) is 5.92 Å². The van der Waals surface area contributed by atoms with Crippen molar-refractivity contribution in [1.29, 1.82) is 0 Å². The van der Waals surface area contributed by atoms with Gasteiger partial charge in [-0.25, -0.2) is 9.97 Å². The molecule has 1 heterocycles. The largest absolute Gasteiger partial charge is 0.396 e. The van der Waals surface area contributed by atoms with E-state index in [9.17, 15) is 4.79 Å². The minimum Gasteiger partial charge on any atom is -0.396 e. The molecule has 1 unspecified atom stereocenters. The highest BCUT2D eigenvalue weighted by Crippen LogP contribution is 2.37. The Morgan fingerprint density at radius 1 is 1.42 bits per heavy atom. The van der Waals surface area contributed by atoms with Gasteiger partial charge < -0.3 is 10.4 Å². The molecule has 102 valence electrons. The van der Waals surface area contributed by atoms with Crippen LogP contribution in [0.1, 0.15) is 54.3 Å². The van der Waals surface area contributed by atoms with E-state index in [1.807, 2.05) is 0 Å². The summed E-state index contributed by atoms with van der Waals surface area (Å²) in [4.78, 5) is 20.7. The van der Waals surface area contributed by atoms with Crippen molar-refractivity contribution < 1.29 is 9.90 Å². The van der Waals surface area contributed by atoms with Crippen LogP contribution in [0.3, 0.4) is 0 Å². The quantitative estimate of drug-likeness (QED) is 0.808. The van der Waals surface area contributed by atoms with Crippen LogP contribution in [-0.2, 0) is 0 Å². The third-order valence-corrected chi connectivity index (χ3v) is 3.80. The number of hydrogen-bond acceptors (Lipinski definition) is 4. The number of aliphatic hydroxyl groups is 1. The minimum atomic E-state index is -0.144.